The molecule has 1 aromatic carbocycles. The minimum absolute atomic E-state index is 0.130. The second-order valence-corrected chi connectivity index (χ2v) is 6.34. The third-order valence-corrected chi connectivity index (χ3v) is 4.13. The number of nitrogens with zero attached hydrogens (tertiary/aromatic N) is 1. The molecule has 2 unspecified atom stereocenters. The smallest absolute Gasteiger partial charge is 0.227 e. The molecule has 2 atom stereocenters. The van der Waals surface area contributed by atoms with Gasteiger partial charge in [0.1, 0.15) is 0 Å². The molecule has 0 aromatic heterocycles. The Labute approximate surface area is 122 Å². The van der Waals surface area contributed by atoms with Crippen LogP contribution in [-0.2, 0) is 11.2 Å². The predicted molar refractivity (Wildman–Crippen MR) is 82.3 cm³/mol. The Morgan fingerprint density at radius 1 is 1.35 bits per heavy atom. The van der Waals surface area contributed by atoms with Gasteiger partial charge in [-0.3, -0.25) is 4.79 Å². The monoisotopic (exact) mass is 274 g/mol. The molecule has 1 fully saturated rings. The van der Waals surface area contributed by atoms with Crippen molar-refractivity contribution < 1.29 is 4.79 Å². The van der Waals surface area contributed by atoms with E-state index >= 15 is 0 Å². The van der Waals surface area contributed by atoms with Crippen LogP contribution in [0.3, 0.4) is 0 Å². The molecule has 1 heterocycles. The molecule has 0 saturated carbocycles. The summed E-state index contributed by atoms with van der Waals surface area (Å²) >= 11 is 0. The quantitative estimate of drug-likeness (QED) is 0.916. The van der Waals surface area contributed by atoms with E-state index in [4.69, 9.17) is 5.73 Å². The van der Waals surface area contributed by atoms with Crippen molar-refractivity contribution in [3.63, 3.8) is 0 Å². The number of rotatable bonds is 4. The molecule has 2 N–H and O–H groups in total. The lowest BCUT2D eigenvalue weighted by atomic mass is 9.85. The van der Waals surface area contributed by atoms with Crippen molar-refractivity contribution in [3.05, 3.63) is 35.9 Å². The first-order chi connectivity index (χ1) is 9.56. The number of hydrogen-bond acceptors (Lipinski definition) is 2. The molecule has 2 rings (SSSR count). The maximum absolute atomic E-state index is 12.3. The molecule has 1 amide bonds. The Morgan fingerprint density at radius 2 is 2.05 bits per heavy atom. The minimum atomic E-state index is 0.130. The van der Waals surface area contributed by atoms with Gasteiger partial charge in [-0.2, -0.15) is 0 Å². The van der Waals surface area contributed by atoms with E-state index in [2.05, 4.69) is 13.8 Å². The summed E-state index contributed by atoms with van der Waals surface area (Å²) in [6.45, 7) is 6.04. The van der Waals surface area contributed by atoms with Crippen LogP contribution in [0.25, 0.3) is 0 Å². The number of likely N-dealkylation sites (tertiary alicyclic amines) is 1. The Kier molecular flexibility index (Phi) is 5.18. The zero-order valence-electron chi connectivity index (χ0n) is 12.6. The lowest BCUT2D eigenvalue weighted by molar-refractivity contribution is -0.132. The van der Waals surface area contributed by atoms with Crippen LogP contribution in [-0.4, -0.2) is 29.9 Å². The summed E-state index contributed by atoms with van der Waals surface area (Å²) in [5, 5.41) is 0. The molecule has 110 valence electrons. The highest BCUT2D eigenvalue weighted by atomic mass is 16.2. The van der Waals surface area contributed by atoms with Gasteiger partial charge in [-0.1, -0.05) is 44.2 Å². The number of carbonyl (C=O) groups is 1. The number of hydrogen-bond donors (Lipinski definition) is 1. The lowest BCUT2D eigenvalue weighted by Crippen LogP contribution is -2.51. The Balaban J connectivity index is 1.87. The second-order valence-electron chi connectivity index (χ2n) is 6.34. The summed E-state index contributed by atoms with van der Waals surface area (Å²) < 4.78 is 0. The Morgan fingerprint density at radius 3 is 2.65 bits per heavy atom. The first kappa shape index (κ1) is 15.0. The number of carbonyl (C=O) groups excluding carboxylic acids is 1. The third-order valence-electron chi connectivity index (χ3n) is 4.13. The average Bonchev–Trinajstić information content (AvgIpc) is 2.41. The van der Waals surface area contributed by atoms with E-state index in [1.54, 1.807) is 0 Å². The van der Waals surface area contributed by atoms with E-state index in [0.717, 1.165) is 18.5 Å². The summed E-state index contributed by atoms with van der Waals surface area (Å²) in [6.07, 6.45) is 2.70. The van der Waals surface area contributed by atoms with Crippen molar-refractivity contribution in [2.24, 2.45) is 17.6 Å². The van der Waals surface area contributed by atoms with E-state index in [9.17, 15) is 4.79 Å². The number of amides is 1. The summed E-state index contributed by atoms with van der Waals surface area (Å²) in [5.41, 5.74) is 7.33. The van der Waals surface area contributed by atoms with Crippen molar-refractivity contribution >= 4 is 5.91 Å². The van der Waals surface area contributed by atoms with Crippen molar-refractivity contribution in [1.29, 1.82) is 0 Å². The lowest BCUT2D eigenvalue weighted by Gasteiger charge is -2.37. The van der Waals surface area contributed by atoms with E-state index in [1.807, 2.05) is 35.2 Å². The van der Waals surface area contributed by atoms with Gasteiger partial charge in [-0.25, -0.2) is 0 Å². The first-order valence-corrected chi connectivity index (χ1v) is 7.63. The zero-order valence-corrected chi connectivity index (χ0v) is 12.6. The van der Waals surface area contributed by atoms with Crippen molar-refractivity contribution in [1.82, 2.24) is 4.90 Å². The van der Waals surface area contributed by atoms with Crippen LogP contribution >= 0.6 is 0 Å². The molecule has 3 heteroatoms. The second kappa shape index (κ2) is 6.89. The highest BCUT2D eigenvalue weighted by Crippen LogP contribution is 2.23. The van der Waals surface area contributed by atoms with E-state index in [-0.39, 0.29) is 11.9 Å². The van der Waals surface area contributed by atoms with Gasteiger partial charge in [-0.05, 0) is 30.2 Å². The molecule has 0 bridgehead atoms. The molecular weight excluding hydrogens is 248 g/mol. The Bertz CT molecular complexity index is 430. The van der Waals surface area contributed by atoms with Crippen molar-refractivity contribution in [2.45, 2.75) is 39.2 Å². The van der Waals surface area contributed by atoms with Gasteiger partial charge in [0.2, 0.25) is 5.91 Å². The topological polar surface area (TPSA) is 46.3 Å². The number of nitrogens with two attached hydrogens (primary N) is 1. The molecule has 1 aliphatic heterocycles. The molecule has 1 aromatic rings. The van der Waals surface area contributed by atoms with Crippen molar-refractivity contribution in [2.75, 3.05) is 13.1 Å². The van der Waals surface area contributed by atoms with Gasteiger partial charge in [0.25, 0.3) is 0 Å². The van der Waals surface area contributed by atoms with Crippen LogP contribution in [0.15, 0.2) is 30.3 Å². The summed E-state index contributed by atoms with van der Waals surface area (Å²) in [5.74, 6) is 1.45. The molecular formula is C17H26N2O. The summed E-state index contributed by atoms with van der Waals surface area (Å²) in [7, 11) is 0. The van der Waals surface area contributed by atoms with E-state index in [0.29, 0.717) is 24.8 Å². The molecule has 0 aliphatic carbocycles. The van der Waals surface area contributed by atoms with Crippen LogP contribution in [0, 0.1) is 11.8 Å². The van der Waals surface area contributed by atoms with Crippen LogP contribution in [0.2, 0.25) is 0 Å². The highest BCUT2D eigenvalue weighted by molar-refractivity contribution is 5.78. The first-order valence-electron chi connectivity index (χ1n) is 7.63. The average molecular weight is 274 g/mol. The van der Waals surface area contributed by atoms with E-state index < -0.39 is 0 Å². The van der Waals surface area contributed by atoms with Gasteiger partial charge < -0.3 is 10.6 Å². The largest absolute Gasteiger partial charge is 0.341 e. The fraction of sp³-hybridized carbons (Fsp3) is 0.588. The predicted octanol–water partition coefficient (Wildman–Crippen LogP) is 2.45. The number of benzene rings is 1. The van der Waals surface area contributed by atoms with Crippen LogP contribution in [0.4, 0.5) is 0 Å². The third kappa shape index (κ3) is 4.07. The summed E-state index contributed by atoms with van der Waals surface area (Å²) in [4.78, 5) is 14.3. The van der Waals surface area contributed by atoms with Crippen LogP contribution < -0.4 is 5.73 Å². The number of piperidine rings is 1. The molecule has 1 saturated heterocycles. The minimum Gasteiger partial charge on any atom is -0.341 e. The molecule has 0 spiro atoms. The Hall–Kier alpha value is -1.35. The van der Waals surface area contributed by atoms with E-state index in [1.165, 1.54) is 6.42 Å². The van der Waals surface area contributed by atoms with Gasteiger partial charge >= 0.3 is 0 Å². The normalized spacial score (nSPS) is 23.1. The van der Waals surface area contributed by atoms with Gasteiger partial charge in [0, 0.05) is 19.1 Å². The highest BCUT2D eigenvalue weighted by Gasteiger charge is 2.29. The molecule has 20 heavy (non-hydrogen) atoms. The van der Waals surface area contributed by atoms with Crippen molar-refractivity contribution in [3.8, 4) is 0 Å². The standard InChI is InChI=1S/C17H26N2O/c1-13(2)10-15-8-9-19(12-16(15)18)17(20)11-14-6-4-3-5-7-14/h3-7,13,15-16H,8-12,18H2,1-2H3. The molecule has 1 aliphatic rings. The maximum Gasteiger partial charge on any atom is 0.227 e. The van der Waals surface area contributed by atoms with Crippen LogP contribution in [0.5, 0.6) is 0 Å². The van der Waals surface area contributed by atoms with Gasteiger partial charge in [0.05, 0.1) is 6.42 Å². The zero-order chi connectivity index (χ0) is 14.5. The molecule has 0 radical (unpaired) electrons. The fourth-order valence-corrected chi connectivity index (χ4v) is 3.04. The van der Waals surface area contributed by atoms with Crippen LogP contribution in [0.1, 0.15) is 32.3 Å². The maximum atomic E-state index is 12.3. The fourth-order valence-electron chi connectivity index (χ4n) is 3.04. The van der Waals surface area contributed by atoms with Gasteiger partial charge in [-0.15, -0.1) is 0 Å². The SMILES string of the molecule is CC(C)CC1CCN(C(=O)Cc2ccccc2)CC1N. The summed E-state index contributed by atoms with van der Waals surface area (Å²) in [6, 6.07) is 10.1. The molecule has 3 nitrogen and oxygen atoms in total. The van der Waals surface area contributed by atoms with Gasteiger partial charge in [0.15, 0.2) is 0 Å².